The smallest absolute Gasteiger partial charge is 0.0808 e. The van der Waals surface area contributed by atoms with Crippen molar-refractivity contribution in [3.63, 3.8) is 0 Å². The lowest BCUT2D eigenvalue weighted by Gasteiger charge is -2.17. The first-order chi connectivity index (χ1) is 9.70. The normalized spacial score (nSPS) is 12.8. The van der Waals surface area contributed by atoms with Crippen molar-refractivity contribution in [3.05, 3.63) is 63.6 Å². The Bertz CT molecular complexity index is 724. The molecule has 102 valence electrons. The highest BCUT2D eigenvalue weighted by Crippen LogP contribution is 2.33. The molecule has 0 aliphatic heterocycles. The van der Waals surface area contributed by atoms with Crippen LogP contribution in [0.3, 0.4) is 0 Å². The van der Waals surface area contributed by atoms with Crippen LogP contribution >= 0.6 is 11.3 Å². The van der Waals surface area contributed by atoms with Gasteiger partial charge in [0.25, 0.3) is 0 Å². The van der Waals surface area contributed by atoms with Gasteiger partial charge >= 0.3 is 0 Å². The molecule has 1 unspecified atom stereocenters. The molecule has 3 nitrogen and oxygen atoms in total. The molecule has 2 heterocycles. The minimum atomic E-state index is 0.0125. The second-order valence-corrected chi connectivity index (χ2v) is 6.22. The summed E-state index contributed by atoms with van der Waals surface area (Å²) in [5.41, 5.74) is 5.46. The van der Waals surface area contributed by atoms with Crippen molar-refractivity contribution in [1.82, 2.24) is 10.4 Å². The molecule has 3 aromatic rings. The standard InChI is InChI=1S/C16H17N3S/c1-10-8-15(20-11(10)2)16(19-17)14-5-3-4-12-9-18-7-6-13(12)14/h3-9,16,19H,17H2,1-2H3. The first kappa shape index (κ1) is 13.2. The van der Waals surface area contributed by atoms with Crippen LogP contribution in [0.25, 0.3) is 10.8 Å². The Morgan fingerprint density at radius 3 is 2.80 bits per heavy atom. The first-order valence-electron chi connectivity index (χ1n) is 6.56. The zero-order valence-electron chi connectivity index (χ0n) is 11.6. The third kappa shape index (κ3) is 2.22. The third-order valence-electron chi connectivity index (χ3n) is 3.66. The Balaban J connectivity index is 2.16. The van der Waals surface area contributed by atoms with E-state index in [2.05, 4.69) is 48.5 Å². The van der Waals surface area contributed by atoms with Gasteiger partial charge in [-0.1, -0.05) is 18.2 Å². The first-order valence-corrected chi connectivity index (χ1v) is 7.38. The molecule has 20 heavy (non-hydrogen) atoms. The quantitative estimate of drug-likeness (QED) is 0.571. The number of thiophene rings is 1. The zero-order valence-corrected chi connectivity index (χ0v) is 12.4. The molecule has 3 rings (SSSR count). The molecule has 0 aliphatic rings. The molecule has 1 aromatic carbocycles. The van der Waals surface area contributed by atoms with Gasteiger partial charge in [0, 0.05) is 27.5 Å². The van der Waals surface area contributed by atoms with E-state index in [4.69, 9.17) is 5.84 Å². The SMILES string of the molecule is Cc1cc(C(NN)c2cccc3cnccc23)sc1C. The maximum Gasteiger partial charge on any atom is 0.0808 e. The largest absolute Gasteiger partial charge is 0.271 e. The summed E-state index contributed by atoms with van der Waals surface area (Å²) in [6.07, 6.45) is 3.71. The summed E-state index contributed by atoms with van der Waals surface area (Å²) in [5, 5.41) is 2.32. The molecule has 3 N–H and O–H groups in total. The number of hydrazine groups is 1. The van der Waals surface area contributed by atoms with E-state index in [9.17, 15) is 0 Å². The second kappa shape index (κ2) is 5.32. The maximum absolute atomic E-state index is 5.83. The van der Waals surface area contributed by atoms with E-state index in [-0.39, 0.29) is 6.04 Å². The Labute approximate surface area is 122 Å². The van der Waals surface area contributed by atoms with Crippen LogP contribution in [0.2, 0.25) is 0 Å². The number of aromatic nitrogens is 1. The van der Waals surface area contributed by atoms with Gasteiger partial charge in [0.1, 0.15) is 0 Å². The molecule has 0 saturated carbocycles. The highest BCUT2D eigenvalue weighted by Gasteiger charge is 2.17. The monoisotopic (exact) mass is 283 g/mol. The fraction of sp³-hybridized carbons (Fsp3) is 0.188. The number of nitrogens with one attached hydrogen (secondary N) is 1. The highest BCUT2D eigenvalue weighted by atomic mass is 32.1. The van der Waals surface area contributed by atoms with Crippen molar-refractivity contribution in [3.8, 4) is 0 Å². The van der Waals surface area contributed by atoms with Crippen molar-refractivity contribution in [2.45, 2.75) is 19.9 Å². The van der Waals surface area contributed by atoms with Crippen molar-refractivity contribution in [2.75, 3.05) is 0 Å². The predicted octanol–water partition coefficient (Wildman–Crippen LogP) is 3.47. The maximum atomic E-state index is 5.83. The fourth-order valence-electron chi connectivity index (χ4n) is 2.47. The van der Waals surface area contributed by atoms with E-state index in [0.29, 0.717) is 0 Å². The number of aryl methyl sites for hydroxylation is 2. The molecule has 0 saturated heterocycles. The van der Waals surface area contributed by atoms with E-state index in [0.717, 1.165) is 5.39 Å². The summed E-state index contributed by atoms with van der Waals surface area (Å²) in [4.78, 5) is 6.76. The Hall–Kier alpha value is -1.75. The third-order valence-corrected chi connectivity index (χ3v) is 4.88. The van der Waals surface area contributed by atoms with E-state index in [1.807, 2.05) is 18.5 Å². The molecule has 0 spiro atoms. The molecule has 0 aliphatic carbocycles. The van der Waals surface area contributed by atoms with Gasteiger partial charge in [-0.2, -0.15) is 0 Å². The summed E-state index contributed by atoms with van der Waals surface area (Å²) >= 11 is 1.79. The van der Waals surface area contributed by atoms with Crippen LogP contribution in [-0.4, -0.2) is 4.98 Å². The Morgan fingerprint density at radius 1 is 1.25 bits per heavy atom. The summed E-state index contributed by atoms with van der Waals surface area (Å²) in [7, 11) is 0. The van der Waals surface area contributed by atoms with Crippen LogP contribution < -0.4 is 11.3 Å². The Morgan fingerprint density at radius 2 is 2.10 bits per heavy atom. The Kier molecular flexibility index (Phi) is 3.53. The number of benzene rings is 1. The number of fused-ring (bicyclic) bond motifs is 1. The fourth-order valence-corrected chi connectivity index (χ4v) is 3.59. The van der Waals surface area contributed by atoms with Gasteiger partial charge in [-0.15, -0.1) is 11.3 Å². The van der Waals surface area contributed by atoms with Crippen LogP contribution in [0.4, 0.5) is 0 Å². The lowest BCUT2D eigenvalue weighted by Crippen LogP contribution is -2.28. The van der Waals surface area contributed by atoms with E-state index >= 15 is 0 Å². The number of rotatable bonds is 3. The molecular formula is C16H17N3S. The van der Waals surface area contributed by atoms with Crippen LogP contribution in [0, 0.1) is 13.8 Å². The van der Waals surface area contributed by atoms with E-state index in [1.165, 1.54) is 26.3 Å². The van der Waals surface area contributed by atoms with Gasteiger partial charge in [0.05, 0.1) is 6.04 Å². The van der Waals surface area contributed by atoms with Crippen molar-refractivity contribution in [1.29, 1.82) is 0 Å². The van der Waals surface area contributed by atoms with Crippen LogP contribution in [0.5, 0.6) is 0 Å². The van der Waals surface area contributed by atoms with Crippen molar-refractivity contribution < 1.29 is 0 Å². The lowest BCUT2D eigenvalue weighted by molar-refractivity contribution is 0.650. The predicted molar refractivity (Wildman–Crippen MR) is 84.7 cm³/mol. The van der Waals surface area contributed by atoms with Gasteiger partial charge < -0.3 is 0 Å². The minimum Gasteiger partial charge on any atom is -0.271 e. The molecule has 1 atom stereocenters. The van der Waals surface area contributed by atoms with Gasteiger partial charge in [0.2, 0.25) is 0 Å². The van der Waals surface area contributed by atoms with Crippen molar-refractivity contribution in [2.24, 2.45) is 5.84 Å². The molecular weight excluding hydrogens is 266 g/mol. The molecule has 0 fully saturated rings. The highest BCUT2D eigenvalue weighted by molar-refractivity contribution is 7.12. The number of nitrogens with two attached hydrogens (primary N) is 1. The number of hydrogen-bond acceptors (Lipinski definition) is 4. The molecule has 0 radical (unpaired) electrons. The van der Waals surface area contributed by atoms with E-state index < -0.39 is 0 Å². The molecule has 2 aromatic heterocycles. The summed E-state index contributed by atoms with van der Waals surface area (Å²) in [6, 6.07) is 10.5. The molecule has 0 amide bonds. The lowest BCUT2D eigenvalue weighted by atomic mass is 9.99. The van der Waals surface area contributed by atoms with Gasteiger partial charge in [0.15, 0.2) is 0 Å². The second-order valence-electron chi connectivity index (χ2n) is 4.93. The van der Waals surface area contributed by atoms with Crippen LogP contribution in [0.1, 0.15) is 26.9 Å². The zero-order chi connectivity index (χ0) is 14.1. The van der Waals surface area contributed by atoms with Crippen LogP contribution in [-0.2, 0) is 0 Å². The van der Waals surface area contributed by atoms with E-state index in [1.54, 1.807) is 11.3 Å². The minimum absolute atomic E-state index is 0.0125. The molecule has 0 bridgehead atoms. The summed E-state index contributed by atoms with van der Waals surface area (Å²) in [5.74, 6) is 5.83. The summed E-state index contributed by atoms with van der Waals surface area (Å²) in [6.45, 7) is 4.28. The van der Waals surface area contributed by atoms with Gasteiger partial charge in [-0.05, 0) is 42.5 Å². The van der Waals surface area contributed by atoms with Gasteiger partial charge in [-0.25, -0.2) is 5.43 Å². The van der Waals surface area contributed by atoms with Gasteiger partial charge in [-0.3, -0.25) is 10.8 Å². The average molecular weight is 283 g/mol. The van der Waals surface area contributed by atoms with Crippen molar-refractivity contribution >= 4 is 22.1 Å². The summed E-state index contributed by atoms with van der Waals surface area (Å²) < 4.78 is 0. The number of hydrogen-bond donors (Lipinski definition) is 2. The number of pyridine rings is 1. The molecule has 4 heteroatoms. The number of nitrogens with zero attached hydrogens (tertiary/aromatic N) is 1. The van der Waals surface area contributed by atoms with Crippen LogP contribution in [0.15, 0.2) is 42.7 Å². The topological polar surface area (TPSA) is 50.9 Å². The average Bonchev–Trinajstić information content (AvgIpc) is 2.79.